The number of nitrogens with one attached hydrogen (secondary N) is 1. The molecule has 2 aliphatic rings. The Hall–Kier alpha value is -0.810. The Balaban J connectivity index is 1.68. The first-order chi connectivity index (χ1) is 12.5. The highest BCUT2D eigenvalue weighted by Crippen LogP contribution is 2.19. The molecule has 2 aliphatic heterocycles. The van der Waals surface area contributed by atoms with E-state index in [1.165, 1.54) is 58.3 Å². The van der Waals surface area contributed by atoms with Crippen LogP contribution < -0.4 is 5.32 Å². The number of piperidine rings is 1. The summed E-state index contributed by atoms with van der Waals surface area (Å²) < 4.78 is 0. The molecule has 1 unspecified atom stereocenters. The zero-order valence-electron chi connectivity index (χ0n) is 18.0. The van der Waals surface area contributed by atoms with Crippen LogP contribution in [0.3, 0.4) is 0 Å². The summed E-state index contributed by atoms with van der Waals surface area (Å²) >= 11 is 0. The van der Waals surface area contributed by atoms with Crippen LogP contribution in [0.2, 0.25) is 0 Å². The number of likely N-dealkylation sites (tertiary alicyclic amines) is 2. The third-order valence-corrected chi connectivity index (χ3v) is 5.97. The molecule has 152 valence electrons. The highest BCUT2D eigenvalue weighted by atomic mass is 15.3. The third kappa shape index (κ3) is 6.73. The highest BCUT2D eigenvalue weighted by Gasteiger charge is 2.26. The van der Waals surface area contributed by atoms with Gasteiger partial charge in [0, 0.05) is 51.9 Å². The number of aliphatic imine (C=N–C) groups is 1. The van der Waals surface area contributed by atoms with E-state index in [0.29, 0.717) is 12.1 Å². The molecule has 0 bridgehead atoms. The largest absolute Gasteiger partial charge is 0.356 e. The average molecular weight is 366 g/mol. The van der Waals surface area contributed by atoms with E-state index in [1.807, 2.05) is 7.05 Å². The minimum atomic E-state index is 0.614. The number of guanidine groups is 1. The molecule has 0 aromatic heterocycles. The van der Waals surface area contributed by atoms with Crippen LogP contribution in [0.1, 0.15) is 59.8 Å². The van der Waals surface area contributed by atoms with Crippen molar-refractivity contribution in [3.8, 4) is 0 Å². The minimum Gasteiger partial charge on any atom is -0.356 e. The normalized spacial score (nSPS) is 22.8. The van der Waals surface area contributed by atoms with Crippen molar-refractivity contribution in [2.45, 2.75) is 71.9 Å². The lowest BCUT2D eigenvalue weighted by Crippen LogP contribution is -2.43. The van der Waals surface area contributed by atoms with Crippen LogP contribution in [0.15, 0.2) is 4.99 Å². The second kappa shape index (κ2) is 11.1. The second-order valence-corrected chi connectivity index (χ2v) is 8.71. The van der Waals surface area contributed by atoms with E-state index >= 15 is 0 Å². The molecular weight excluding hydrogens is 322 g/mol. The van der Waals surface area contributed by atoms with Crippen LogP contribution in [0.25, 0.3) is 0 Å². The van der Waals surface area contributed by atoms with Crippen molar-refractivity contribution in [2.24, 2.45) is 10.9 Å². The van der Waals surface area contributed by atoms with Gasteiger partial charge in [-0.15, -0.1) is 0 Å². The molecule has 2 rings (SSSR count). The fourth-order valence-electron chi connectivity index (χ4n) is 4.59. The molecule has 2 fully saturated rings. The molecule has 2 heterocycles. The standard InChI is InChI=1S/C21H43N5/c1-18(2)26(19(3)4)14-9-11-23-21(22-5)25-15-10-20(17-25)16-24-12-7-6-8-13-24/h18-20H,6-17H2,1-5H3,(H,22,23). The SMILES string of the molecule is CN=C(NCCCN(C(C)C)C(C)C)N1CCC(CN2CCCCC2)C1. The molecule has 0 amide bonds. The molecular formula is C21H43N5. The van der Waals surface area contributed by atoms with Crippen molar-refractivity contribution in [2.75, 3.05) is 52.9 Å². The fraction of sp³-hybridized carbons (Fsp3) is 0.952. The predicted molar refractivity (Wildman–Crippen MR) is 113 cm³/mol. The van der Waals surface area contributed by atoms with Crippen LogP contribution in [0.5, 0.6) is 0 Å². The van der Waals surface area contributed by atoms with Gasteiger partial charge >= 0.3 is 0 Å². The topological polar surface area (TPSA) is 34.1 Å². The molecule has 0 spiro atoms. The van der Waals surface area contributed by atoms with Crippen molar-refractivity contribution >= 4 is 5.96 Å². The summed E-state index contributed by atoms with van der Waals surface area (Å²) in [5.74, 6) is 1.91. The molecule has 2 saturated heterocycles. The van der Waals surface area contributed by atoms with Gasteiger partial charge in [-0.2, -0.15) is 0 Å². The maximum Gasteiger partial charge on any atom is 0.193 e. The van der Waals surface area contributed by atoms with Gasteiger partial charge in [0.15, 0.2) is 5.96 Å². The van der Waals surface area contributed by atoms with Crippen molar-refractivity contribution in [3.05, 3.63) is 0 Å². The Morgan fingerprint density at radius 3 is 2.38 bits per heavy atom. The van der Waals surface area contributed by atoms with Gasteiger partial charge in [-0.3, -0.25) is 9.89 Å². The highest BCUT2D eigenvalue weighted by molar-refractivity contribution is 5.80. The van der Waals surface area contributed by atoms with Gasteiger partial charge in [0.05, 0.1) is 0 Å². The predicted octanol–water partition coefficient (Wildman–Crippen LogP) is 2.88. The van der Waals surface area contributed by atoms with Gasteiger partial charge in [-0.05, 0) is 72.4 Å². The Morgan fingerprint density at radius 2 is 1.77 bits per heavy atom. The summed E-state index contributed by atoms with van der Waals surface area (Å²) in [6, 6.07) is 1.23. The summed E-state index contributed by atoms with van der Waals surface area (Å²) in [6.07, 6.45) is 6.69. The van der Waals surface area contributed by atoms with E-state index in [9.17, 15) is 0 Å². The lowest BCUT2D eigenvalue weighted by molar-refractivity contribution is 0.173. The monoisotopic (exact) mass is 365 g/mol. The molecule has 0 aromatic carbocycles. The van der Waals surface area contributed by atoms with Crippen LogP contribution in [0, 0.1) is 5.92 Å². The zero-order chi connectivity index (χ0) is 18.9. The van der Waals surface area contributed by atoms with Crippen molar-refractivity contribution in [3.63, 3.8) is 0 Å². The lowest BCUT2D eigenvalue weighted by Gasteiger charge is -2.31. The van der Waals surface area contributed by atoms with Gasteiger partial charge in [0.1, 0.15) is 0 Å². The van der Waals surface area contributed by atoms with Crippen LogP contribution in [-0.2, 0) is 0 Å². The molecule has 1 N–H and O–H groups in total. The van der Waals surface area contributed by atoms with E-state index in [0.717, 1.165) is 31.5 Å². The molecule has 0 aromatic rings. The molecule has 26 heavy (non-hydrogen) atoms. The van der Waals surface area contributed by atoms with Gasteiger partial charge in [-0.1, -0.05) is 6.42 Å². The van der Waals surface area contributed by atoms with Crippen molar-refractivity contribution in [1.29, 1.82) is 0 Å². The van der Waals surface area contributed by atoms with Gasteiger partial charge in [-0.25, -0.2) is 0 Å². The first kappa shape index (κ1) is 21.5. The van der Waals surface area contributed by atoms with Crippen LogP contribution in [0.4, 0.5) is 0 Å². The number of nitrogens with zero attached hydrogens (tertiary/aromatic N) is 4. The molecule has 5 nitrogen and oxygen atoms in total. The first-order valence-corrected chi connectivity index (χ1v) is 10.9. The summed E-state index contributed by atoms with van der Waals surface area (Å²) in [5.41, 5.74) is 0. The van der Waals surface area contributed by atoms with E-state index < -0.39 is 0 Å². The average Bonchev–Trinajstić information content (AvgIpc) is 3.06. The van der Waals surface area contributed by atoms with Gasteiger partial charge in [0.25, 0.3) is 0 Å². The minimum absolute atomic E-state index is 0.614. The number of hydrogen-bond acceptors (Lipinski definition) is 3. The van der Waals surface area contributed by atoms with E-state index in [2.05, 4.69) is 52.7 Å². The van der Waals surface area contributed by atoms with Crippen molar-refractivity contribution < 1.29 is 0 Å². The van der Waals surface area contributed by atoms with E-state index in [4.69, 9.17) is 0 Å². The van der Waals surface area contributed by atoms with Crippen LogP contribution >= 0.6 is 0 Å². The Kier molecular flexibility index (Phi) is 9.20. The maximum absolute atomic E-state index is 4.54. The maximum atomic E-state index is 4.54. The molecule has 1 atom stereocenters. The smallest absolute Gasteiger partial charge is 0.193 e. The van der Waals surface area contributed by atoms with Gasteiger partial charge in [0.2, 0.25) is 0 Å². The Morgan fingerprint density at radius 1 is 1.08 bits per heavy atom. The lowest BCUT2D eigenvalue weighted by atomic mass is 10.1. The van der Waals surface area contributed by atoms with E-state index in [-0.39, 0.29) is 0 Å². The molecule has 5 heteroatoms. The molecule has 0 radical (unpaired) electrons. The van der Waals surface area contributed by atoms with Crippen LogP contribution in [-0.4, -0.2) is 85.6 Å². The van der Waals surface area contributed by atoms with E-state index in [1.54, 1.807) is 0 Å². The van der Waals surface area contributed by atoms with Crippen molar-refractivity contribution in [1.82, 2.24) is 20.0 Å². The molecule has 0 aliphatic carbocycles. The summed E-state index contributed by atoms with van der Waals surface area (Å²) in [7, 11) is 1.93. The number of hydrogen-bond donors (Lipinski definition) is 1. The quantitative estimate of drug-likeness (QED) is 0.407. The Bertz CT molecular complexity index is 407. The summed E-state index contributed by atoms with van der Waals surface area (Å²) in [6.45, 7) is 17.5. The van der Waals surface area contributed by atoms with Gasteiger partial charge < -0.3 is 15.1 Å². The fourth-order valence-corrected chi connectivity index (χ4v) is 4.59. The zero-order valence-corrected chi connectivity index (χ0v) is 18.0. The second-order valence-electron chi connectivity index (χ2n) is 8.71. The first-order valence-electron chi connectivity index (χ1n) is 10.9. The summed E-state index contributed by atoms with van der Waals surface area (Å²) in [4.78, 5) is 12.3. The molecule has 0 saturated carbocycles. The third-order valence-electron chi connectivity index (χ3n) is 5.97. The summed E-state index contributed by atoms with van der Waals surface area (Å²) in [5, 5.41) is 3.60. The Labute approximate surface area is 162 Å². The number of rotatable bonds is 8.